The summed E-state index contributed by atoms with van der Waals surface area (Å²) in [6.45, 7) is 0.621. The Balaban J connectivity index is 1.30. The third kappa shape index (κ3) is 5.39. The molecular weight excluding hydrogens is 436 g/mol. The van der Waals surface area contributed by atoms with Crippen LogP contribution in [0.3, 0.4) is 0 Å². The fourth-order valence-electron chi connectivity index (χ4n) is 4.59. The number of ether oxygens (including phenoxy) is 2. The van der Waals surface area contributed by atoms with Crippen molar-refractivity contribution in [3.8, 4) is 11.1 Å². The molecule has 2 aliphatic carbocycles. The van der Waals surface area contributed by atoms with E-state index < -0.39 is 29.6 Å². The first-order chi connectivity index (χ1) is 16.4. The van der Waals surface area contributed by atoms with E-state index in [-0.39, 0.29) is 25.4 Å². The van der Waals surface area contributed by atoms with Crippen molar-refractivity contribution in [2.24, 2.45) is 0 Å². The second-order valence-corrected chi connectivity index (χ2v) is 9.00. The van der Waals surface area contributed by atoms with Crippen LogP contribution in [0.1, 0.15) is 49.1 Å². The zero-order chi connectivity index (χ0) is 24.1. The minimum atomic E-state index is -1.08. The van der Waals surface area contributed by atoms with Crippen LogP contribution in [0.15, 0.2) is 48.5 Å². The molecule has 180 valence electrons. The van der Waals surface area contributed by atoms with Crippen LogP contribution in [0, 0.1) is 0 Å². The van der Waals surface area contributed by atoms with Crippen LogP contribution in [0.5, 0.6) is 0 Å². The number of rotatable bonds is 11. The molecule has 0 aromatic heterocycles. The highest BCUT2D eigenvalue weighted by Crippen LogP contribution is 2.44. The third-order valence-corrected chi connectivity index (χ3v) is 6.54. The molecule has 34 heavy (non-hydrogen) atoms. The van der Waals surface area contributed by atoms with Gasteiger partial charge in [0.1, 0.15) is 12.6 Å². The summed E-state index contributed by atoms with van der Waals surface area (Å²) in [5, 5.41) is 14.7. The molecule has 1 fully saturated rings. The summed E-state index contributed by atoms with van der Waals surface area (Å²) in [5.74, 6) is -1.53. The lowest BCUT2D eigenvalue weighted by molar-refractivity contribution is -0.142. The number of hydrogen-bond donors (Lipinski definition) is 3. The van der Waals surface area contributed by atoms with Crippen LogP contribution in [-0.2, 0) is 19.1 Å². The number of fused-ring (bicyclic) bond motifs is 3. The number of carboxylic acids is 1. The molecule has 2 amide bonds. The van der Waals surface area contributed by atoms with E-state index in [9.17, 15) is 19.5 Å². The van der Waals surface area contributed by atoms with E-state index in [0.29, 0.717) is 25.9 Å². The zero-order valence-corrected chi connectivity index (χ0v) is 19.2. The summed E-state index contributed by atoms with van der Waals surface area (Å²) in [7, 11) is 1.54. The Morgan fingerprint density at radius 3 is 2.24 bits per heavy atom. The first-order valence-electron chi connectivity index (χ1n) is 11.6. The molecule has 1 atom stereocenters. The van der Waals surface area contributed by atoms with Gasteiger partial charge in [0, 0.05) is 26.1 Å². The number of hydrogen-bond acceptors (Lipinski definition) is 5. The number of carbonyl (C=O) groups excluding carboxylic acids is 2. The number of nitrogens with one attached hydrogen (secondary N) is 2. The van der Waals surface area contributed by atoms with Crippen molar-refractivity contribution < 1.29 is 29.0 Å². The molecule has 2 aromatic carbocycles. The Morgan fingerprint density at radius 1 is 1.06 bits per heavy atom. The Bertz CT molecular complexity index is 1020. The van der Waals surface area contributed by atoms with E-state index in [1.807, 2.05) is 24.3 Å². The number of amides is 2. The summed E-state index contributed by atoms with van der Waals surface area (Å²) in [4.78, 5) is 36.5. The molecule has 1 saturated carbocycles. The van der Waals surface area contributed by atoms with E-state index in [0.717, 1.165) is 22.3 Å². The molecule has 3 N–H and O–H groups in total. The molecule has 8 heteroatoms. The quantitative estimate of drug-likeness (QED) is 0.437. The molecule has 0 radical (unpaired) electrons. The van der Waals surface area contributed by atoms with Gasteiger partial charge in [0.05, 0.1) is 5.54 Å². The summed E-state index contributed by atoms with van der Waals surface area (Å²) >= 11 is 0. The van der Waals surface area contributed by atoms with E-state index in [1.54, 1.807) is 7.11 Å². The largest absolute Gasteiger partial charge is 0.480 e. The van der Waals surface area contributed by atoms with Gasteiger partial charge in [0.15, 0.2) is 0 Å². The molecule has 0 aliphatic heterocycles. The molecule has 4 rings (SSSR count). The molecule has 8 nitrogen and oxygen atoms in total. The standard InChI is InChI=1S/C26H30N2O6/c1-33-14-6-11-22(24(30)31)27-23(29)15-26(12-13-26)28-25(32)34-16-21-19-9-4-2-7-17(19)18-8-3-5-10-20(18)21/h2-5,7-10,21-22H,6,11-16H2,1H3,(H,27,29)(H,28,32)(H,30,31). The number of alkyl carbamates (subject to hydrolysis) is 1. The maximum Gasteiger partial charge on any atom is 0.407 e. The lowest BCUT2D eigenvalue weighted by atomic mass is 9.98. The van der Waals surface area contributed by atoms with Gasteiger partial charge in [-0.15, -0.1) is 0 Å². The third-order valence-electron chi connectivity index (χ3n) is 6.54. The highest BCUT2D eigenvalue weighted by molar-refractivity contribution is 5.85. The Hall–Kier alpha value is -3.39. The smallest absolute Gasteiger partial charge is 0.407 e. The van der Waals surface area contributed by atoms with Crippen molar-refractivity contribution in [2.75, 3.05) is 20.3 Å². The average Bonchev–Trinajstić information content (AvgIpc) is 3.49. The summed E-state index contributed by atoms with van der Waals surface area (Å²) < 4.78 is 10.5. The summed E-state index contributed by atoms with van der Waals surface area (Å²) in [6.07, 6.45) is 1.55. The second-order valence-electron chi connectivity index (χ2n) is 9.00. The Morgan fingerprint density at radius 2 is 1.68 bits per heavy atom. The van der Waals surface area contributed by atoms with Gasteiger partial charge in [0.2, 0.25) is 5.91 Å². The number of carbonyl (C=O) groups is 3. The first kappa shape index (κ1) is 23.8. The number of methoxy groups -OCH3 is 1. The van der Waals surface area contributed by atoms with E-state index in [4.69, 9.17) is 9.47 Å². The molecule has 0 spiro atoms. The number of aliphatic carboxylic acids is 1. The lowest BCUT2D eigenvalue weighted by Crippen LogP contribution is -2.46. The molecular formula is C26H30N2O6. The van der Waals surface area contributed by atoms with Crippen molar-refractivity contribution in [2.45, 2.75) is 49.6 Å². The Labute approximate surface area is 198 Å². The predicted octanol–water partition coefficient (Wildman–Crippen LogP) is 3.44. The van der Waals surface area contributed by atoms with E-state index in [1.165, 1.54) is 0 Å². The predicted molar refractivity (Wildman–Crippen MR) is 125 cm³/mol. The van der Waals surface area contributed by atoms with Gasteiger partial charge in [-0.25, -0.2) is 9.59 Å². The second kappa shape index (κ2) is 10.3. The minimum absolute atomic E-state index is 0.0191. The molecule has 0 saturated heterocycles. The normalized spacial score (nSPS) is 16.1. The Kier molecular flexibility index (Phi) is 7.17. The fourth-order valence-corrected chi connectivity index (χ4v) is 4.59. The number of benzene rings is 2. The maximum absolute atomic E-state index is 12.6. The first-order valence-corrected chi connectivity index (χ1v) is 11.6. The van der Waals surface area contributed by atoms with Crippen LogP contribution < -0.4 is 10.6 Å². The van der Waals surface area contributed by atoms with Crippen molar-refractivity contribution >= 4 is 18.0 Å². The van der Waals surface area contributed by atoms with Crippen molar-refractivity contribution in [1.82, 2.24) is 10.6 Å². The SMILES string of the molecule is COCCCC(NC(=O)CC1(NC(=O)OCC2c3ccccc3-c3ccccc32)CC1)C(=O)O. The topological polar surface area (TPSA) is 114 Å². The van der Waals surface area contributed by atoms with Gasteiger partial charge >= 0.3 is 12.1 Å². The van der Waals surface area contributed by atoms with Crippen LogP contribution in [0.2, 0.25) is 0 Å². The number of carboxylic acid groups (broad SMARTS) is 1. The van der Waals surface area contributed by atoms with Crippen LogP contribution >= 0.6 is 0 Å². The van der Waals surface area contributed by atoms with E-state index in [2.05, 4.69) is 34.9 Å². The highest BCUT2D eigenvalue weighted by Gasteiger charge is 2.46. The van der Waals surface area contributed by atoms with Crippen LogP contribution in [0.4, 0.5) is 4.79 Å². The maximum atomic E-state index is 12.6. The molecule has 1 unspecified atom stereocenters. The summed E-state index contributed by atoms with van der Waals surface area (Å²) in [5.41, 5.74) is 3.89. The van der Waals surface area contributed by atoms with Crippen LogP contribution in [0.25, 0.3) is 11.1 Å². The van der Waals surface area contributed by atoms with Gasteiger partial charge in [-0.05, 0) is 47.9 Å². The van der Waals surface area contributed by atoms with Crippen molar-refractivity contribution in [1.29, 1.82) is 0 Å². The van der Waals surface area contributed by atoms with Gasteiger partial charge < -0.3 is 25.2 Å². The van der Waals surface area contributed by atoms with Crippen LogP contribution in [-0.4, -0.2) is 55.0 Å². The molecule has 2 aliphatic rings. The van der Waals surface area contributed by atoms with Gasteiger partial charge in [-0.3, -0.25) is 4.79 Å². The van der Waals surface area contributed by atoms with Crippen molar-refractivity contribution in [3.63, 3.8) is 0 Å². The molecule has 0 bridgehead atoms. The van der Waals surface area contributed by atoms with Crippen molar-refractivity contribution in [3.05, 3.63) is 59.7 Å². The van der Waals surface area contributed by atoms with Gasteiger partial charge in [-0.2, -0.15) is 0 Å². The van der Waals surface area contributed by atoms with Gasteiger partial charge in [0.25, 0.3) is 0 Å². The average molecular weight is 467 g/mol. The fraction of sp³-hybridized carbons (Fsp3) is 0.423. The molecule has 2 aromatic rings. The summed E-state index contributed by atoms with van der Waals surface area (Å²) in [6, 6.07) is 15.2. The monoisotopic (exact) mass is 466 g/mol. The zero-order valence-electron chi connectivity index (χ0n) is 19.2. The van der Waals surface area contributed by atoms with Gasteiger partial charge in [-0.1, -0.05) is 48.5 Å². The lowest BCUT2D eigenvalue weighted by Gasteiger charge is -2.20. The highest BCUT2D eigenvalue weighted by atomic mass is 16.5. The minimum Gasteiger partial charge on any atom is -0.480 e. The van der Waals surface area contributed by atoms with E-state index >= 15 is 0 Å². The molecule has 0 heterocycles.